The molecule has 11 nitrogen and oxygen atoms in total. The first kappa shape index (κ1) is 24.8. The van der Waals surface area contributed by atoms with E-state index in [1.165, 1.54) is 12.0 Å². The molecule has 0 bridgehead atoms. The van der Waals surface area contributed by atoms with Crippen LogP contribution in [0.15, 0.2) is 36.4 Å². The fraction of sp³-hybridized carbons (Fsp3) is 0.357. The number of fused-ring (bicyclic) bond motifs is 2. The number of anilines is 1. The summed E-state index contributed by atoms with van der Waals surface area (Å²) in [4.78, 5) is 44.5. The lowest BCUT2D eigenvalue weighted by Gasteiger charge is -2.34. The number of aromatic amines is 1. The van der Waals surface area contributed by atoms with Gasteiger partial charge in [0.05, 0.1) is 19.2 Å². The zero-order valence-corrected chi connectivity index (χ0v) is 21.8. The molecule has 3 aliphatic heterocycles. The lowest BCUT2D eigenvalue weighted by atomic mass is 9.99. The van der Waals surface area contributed by atoms with Gasteiger partial charge in [0.2, 0.25) is 5.54 Å². The minimum atomic E-state index is -1.58. The highest BCUT2D eigenvalue weighted by molar-refractivity contribution is 6.10. The largest absolute Gasteiger partial charge is 0.497 e. The second-order valence-electron chi connectivity index (χ2n) is 9.98. The number of hydrogen-bond acceptors (Lipinski definition) is 7. The number of carbonyl (C=O) groups excluding carboxylic acids is 3. The number of H-pyrrole nitrogens is 1. The first-order chi connectivity index (χ1) is 18.9. The summed E-state index contributed by atoms with van der Waals surface area (Å²) in [5.74, 6) is 6.68. The van der Waals surface area contributed by atoms with Crippen LogP contribution < -0.4 is 20.3 Å². The number of nitrogens with one attached hydrogen (secondary N) is 3. The summed E-state index contributed by atoms with van der Waals surface area (Å²) in [6.45, 7) is 7.27. The number of hydrogen-bond donors (Lipinski definition) is 3. The lowest BCUT2D eigenvalue weighted by Crippen LogP contribution is -2.54. The Bertz CT molecular complexity index is 1550. The molecule has 39 heavy (non-hydrogen) atoms. The van der Waals surface area contributed by atoms with Crippen LogP contribution in [0.5, 0.6) is 5.75 Å². The molecule has 1 aromatic heterocycles. The van der Waals surface area contributed by atoms with Gasteiger partial charge in [0.15, 0.2) is 5.82 Å². The second-order valence-corrected chi connectivity index (χ2v) is 9.98. The van der Waals surface area contributed by atoms with Crippen LogP contribution in [-0.2, 0) is 11.3 Å². The van der Waals surface area contributed by atoms with Gasteiger partial charge >= 0.3 is 6.03 Å². The quantitative estimate of drug-likeness (QED) is 0.338. The summed E-state index contributed by atoms with van der Waals surface area (Å²) in [6.07, 6.45) is 0. The number of rotatable bonds is 5. The second kappa shape index (κ2) is 9.63. The van der Waals surface area contributed by atoms with Gasteiger partial charge in [0.25, 0.3) is 11.8 Å². The van der Waals surface area contributed by atoms with Crippen LogP contribution in [-0.4, -0.2) is 89.8 Å². The van der Waals surface area contributed by atoms with Crippen molar-refractivity contribution in [2.45, 2.75) is 19.0 Å². The zero-order valence-electron chi connectivity index (χ0n) is 21.8. The molecule has 0 radical (unpaired) electrons. The van der Waals surface area contributed by atoms with Gasteiger partial charge in [-0.1, -0.05) is 24.8 Å². The van der Waals surface area contributed by atoms with Crippen molar-refractivity contribution in [1.82, 2.24) is 30.6 Å². The first-order valence-corrected chi connectivity index (χ1v) is 13.0. The van der Waals surface area contributed by atoms with Gasteiger partial charge in [0.1, 0.15) is 5.75 Å². The first-order valence-electron chi connectivity index (χ1n) is 13.0. The number of imide groups is 1. The Kier molecular flexibility index (Phi) is 6.12. The third kappa shape index (κ3) is 4.42. The van der Waals surface area contributed by atoms with E-state index in [0.29, 0.717) is 23.4 Å². The normalized spacial score (nSPS) is 21.0. The Balaban J connectivity index is 1.25. The van der Waals surface area contributed by atoms with E-state index in [1.807, 2.05) is 24.3 Å². The Morgan fingerprint density at radius 1 is 1.08 bits per heavy atom. The maximum atomic E-state index is 13.1. The summed E-state index contributed by atoms with van der Waals surface area (Å²) in [5, 5.41) is 13.6. The van der Waals surface area contributed by atoms with Crippen molar-refractivity contribution in [1.29, 1.82) is 0 Å². The SMILES string of the molecule is CCN1CCN(c2n[nH]c3cc(C#CC4(CN5Cc6ccc(OC)cc6C5=O)NC(=O)NC4=O)ccc23)CC1. The minimum Gasteiger partial charge on any atom is -0.497 e. The molecule has 1 unspecified atom stereocenters. The number of urea groups is 1. The fourth-order valence-corrected chi connectivity index (χ4v) is 5.39. The number of benzene rings is 2. The Morgan fingerprint density at radius 2 is 1.90 bits per heavy atom. The number of nitrogens with zero attached hydrogens (tertiary/aromatic N) is 4. The molecule has 6 rings (SSSR count). The van der Waals surface area contributed by atoms with E-state index in [-0.39, 0.29) is 12.5 Å². The molecule has 3 N–H and O–H groups in total. The van der Waals surface area contributed by atoms with E-state index in [0.717, 1.165) is 55.0 Å². The topological polar surface area (TPSA) is 123 Å². The monoisotopic (exact) mass is 527 g/mol. The van der Waals surface area contributed by atoms with E-state index in [2.05, 4.69) is 49.4 Å². The van der Waals surface area contributed by atoms with Crippen LogP contribution in [0.1, 0.15) is 28.4 Å². The highest BCUT2D eigenvalue weighted by Crippen LogP contribution is 2.29. The highest BCUT2D eigenvalue weighted by Gasteiger charge is 2.48. The van der Waals surface area contributed by atoms with Gasteiger partial charge in [0, 0.05) is 49.2 Å². The predicted octanol–water partition coefficient (Wildman–Crippen LogP) is 1.30. The molecule has 200 valence electrons. The van der Waals surface area contributed by atoms with Crippen LogP contribution >= 0.6 is 0 Å². The third-order valence-corrected chi connectivity index (χ3v) is 7.65. The molecule has 0 aliphatic carbocycles. The van der Waals surface area contributed by atoms with Gasteiger partial charge in [-0.2, -0.15) is 5.10 Å². The molecule has 4 heterocycles. The molecule has 3 aliphatic rings. The van der Waals surface area contributed by atoms with Crippen LogP contribution in [0.2, 0.25) is 0 Å². The molecule has 2 saturated heterocycles. The van der Waals surface area contributed by atoms with Crippen molar-refractivity contribution in [3.63, 3.8) is 0 Å². The van der Waals surface area contributed by atoms with Gasteiger partial charge in [-0.25, -0.2) is 4.79 Å². The summed E-state index contributed by atoms with van der Waals surface area (Å²) in [6, 6.07) is 10.4. The molecule has 0 spiro atoms. The third-order valence-electron chi connectivity index (χ3n) is 7.65. The van der Waals surface area contributed by atoms with Crippen LogP contribution in [0, 0.1) is 11.8 Å². The highest BCUT2D eigenvalue weighted by atomic mass is 16.5. The summed E-state index contributed by atoms with van der Waals surface area (Å²) < 4.78 is 5.24. The Morgan fingerprint density at radius 3 is 2.62 bits per heavy atom. The molecule has 2 fully saturated rings. The lowest BCUT2D eigenvalue weighted by molar-refractivity contribution is -0.122. The molecular formula is C28H29N7O4. The van der Waals surface area contributed by atoms with E-state index in [9.17, 15) is 14.4 Å². The van der Waals surface area contributed by atoms with Gasteiger partial charge in [-0.15, -0.1) is 0 Å². The van der Waals surface area contributed by atoms with Crippen LogP contribution in [0.3, 0.4) is 0 Å². The number of methoxy groups -OCH3 is 1. The Labute approximate surface area is 225 Å². The molecule has 0 saturated carbocycles. The number of carbonyl (C=O) groups is 3. The maximum absolute atomic E-state index is 13.1. The zero-order chi connectivity index (χ0) is 27.1. The average Bonchev–Trinajstić information content (AvgIpc) is 3.60. The number of likely N-dealkylation sites (N-methyl/N-ethyl adjacent to an activating group) is 1. The van der Waals surface area contributed by atoms with Crippen molar-refractivity contribution in [2.24, 2.45) is 0 Å². The van der Waals surface area contributed by atoms with E-state index >= 15 is 0 Å². The van der Waals surface area contributed by atoms with E-state index in [1.54, 1.807) is 12.1 Å². The number of aromatic nitrogens is 2. The summed E-state index contributed by atoms with van der Waals surface area (Å²) >= 11 is 0. The molecule has 3 aromatic rings. The molecular weight excluding hydrogens is 498 g/mol. The maximum Gasteiger partial charge on any atom is 0.323 e. The van der Waals surface area contributed by atoms with Crippen LogP contribution in [0.25, 0.3) is 10.9 Å². The van der Waals surface area contributed by atoms with Crippen molar-refractivity contribution < 1.29 is 19.1 Å². The van der Waals surface area contributed by atoms with Crippen molar-refractivity contribution >= 4 is 34.6 Å². The van der Waals surface area contributed by atoms with Crippen molar-refractivity contribution in [3.05, 3.63) is 53.1 Å². The summed E-state index contributed by atoms with van der Waals surface area (Å²) in [5.41, 5.74) is 1.25. The van der Waals surface area contributed by atoms with Crippen LogP contribution in [0.4, 0.5) is 10.6 Å². The van der Waals surface area contributed by atoms with Crippen molar-refractivity contribution in [2.75, 3.05) is 51.3 Å². The fourth-order valence-electron chi connectivity index (χ4n) is 5.39. The minimum absolute atomic E-state index is 0.0897. The predicted molar refractivity (Wildman–Crippen MR) is 144 cm³/mol. The number of amides is 4. The van der Waals surface area contributed by atoms with Crippen molar-refractivity contribution in [3.8, 4) is 17.6 Å². The molecule has 11 heteroatoms. The van der Waals surface area contributed by atoms with E-state index < -0.39 is 17.5 Å². The van der Waals surface area contributed by atoms with Gasteiger partial charge < -0.3 is 24.8 Å². The summed E-state index contributed by atoms with van der Waals surface area (Å²) in [7, 11) is 1.54. The smallest absolute Gasteiger partial charge is 0.323 e. The number of ether oxygens (including phenoxy) is 1. The molecule has 1 atom stereocenters. The standard InChI is InChI=1S/C28H29N7O4/c1-3-33-10-12-34(13-11-33)24-21-7-4-18(14-23(21)31-32-24)8-9-28(26(37)29-27(38)30-28)17-35-16-19-5-6-20(39-2)15-22(19)25(35)36/h4-7,14-15H,3,10-13,16-17H2,1-2H3,(H,31,32)(H2,29,30,37,38). The van der Waals surface area contributed by atoms with Gasteiger partial charge in [-0.3, -0.25) is 20.0 Å². The molecule has 4 amide bonds. The van der Waals surface area contributed by atoms with E-state index in [4.69, 9.17) is 4.74 Å². The number of piperazine rings is 1. The Hall–Kier alpha value is -4.56. The molecule has 2 aromatic carbocycles. The average molecular weight is 528 g/mol. The van der Waals surface area contributed by atoms with Gasteiger partial charge in [-0.05, 0) is 42.4 Å².